The molecule has 1 saturated heterocycles. The van der Waals surface area contributed by atoms with Crippen molar-refractivity contribution >= 4 is 33.6 Å². The molecule has 0 amide bonds. The van der Waals surface area contributed by atoms with Crippen LogP contribution < -0.4 is 5.32 Å². The first kappa shape index (κ1) is 29.9. The highest BCUT2D eigenvalue weighted by atomic mass is 32.2. The molecule has 0 spiro atoms. The molecule has 0 saturated carbocycles. The van der Waals surface area contributed by atoms with Gasteiger partial charge in [-0.15, -0.1) is 0 Å². The van der Waals surface area contributed by atoms with Crippen molar-refractivity contribution in [1.29, 1.82) is 0 Å². The van der Waals surface area contributed by atoms with Gasteiger partial charge in [0.2, 0.25) is 0 Å². The Morgan fingerprint density at radius 1 is 1.09 bits per heavy atom. The van der Waals surface area contributed by atoms with E-state index in [1.54, 1.807) is 42.2 Å². The van der Waals surface area contributed by atoms with Gasteiger partial charge in [-0.1, -0.05) is 6.07 Å². The fraction of sp³-hybridized carbons (Fsp3) is 0.367. The first-order valence-electron chi connectivity index (χ1n) is 14.2. The van der Waals surface area contributed by atoms with E-state index in [1.807, 2.05) is 27.0 Å². The molecule has 2 N–H and O–H groups in total. The summed E-state index contributed by atoms with van der Waals surface area (Å²) in [6, 6.07) is 6.76. The number of rotatable bonds is 8. The van der Waals surface area contributed by atoms with Gasteiger partial charge in [0.15, 0.2) is 22.6 Å². The average Bonchev–Trinajstić information content (AvgIpc) is 3.55. The average molecular weight is 623 g/mol. The molecule has 2 atom stereocenters. The molecule has 44 heavy (non-hydrogen) atoms. The molecule has 14 heteroatoms. The van der Waals surface area contributed by atoms with Crippen molar-refractivity contribution in [3.63, 3.8) is 0 Å². The number of halogens is 2. The Morgan fingerprint density at radius 3 is 2.57 bits per heavy atom. The van der Waals surface area contributed by atoms with E-state index >= 15 is 0 Å². The lowest BCUT2D eigenvalue weighted by Gasteiger charge is -2.25. The molecule has 11 nitrogen and oxygen atoms in total. The third-order valence-corrected chi connectivity index (χ3v) is 8.41. The van der Waals surface area contributed by atoms with E-state index in [4.69, 9.17) is 9.72 Å². The summed E-state index contributed by atoms with van der Waals surface area (Å²) in [7, 11) is 1.80. The minimum absolute atomic E-state index is 0.100. The third kappa shape index (κ3) is 5.84. The van der Waals surface area contributed by atoms with Crippen LogP contribution >= 0.6 is 0 Å². The smallest absolute Gasteiger partial charge is 0.295 e. The molecule has 5 aromatic rings. The van der Waals surface area contributed by atoms with Gasteiger partial charge >= 0.3 is 0 Å². The van der Waals surface area contributed by atoms with Crippen molar-refractivity contribution in [3.05, 3.63) is 70.8 Å². The van der Waals surface area contributed by atoms with Crippen LogP contribution in [0.1, 0.15) is 66.1 Å². The summed E-state index contributed by atoms with van der Waals surface area (Å²) in [5.74, 6) is -0.447. The minimum Gasteiger partial charge on any atom is -0.358 e. The second-order valence-corrected chi connectivity index (χ2v) is 11.9. The van der Waals surface area contributed by atoms with E-state index in [-0.39, 0.29) is 22.5 Å². The quantitative estimate of drug-likeness (QED) is 0.197. The Kier molecular flexibility index (Phi) is 8.22. The summed E-state index contributed by atoms with van der Waals surface area (Å²) in [4.78, 5) is 18.3. The Balaban J connectivity index is 1.50. The van der Waals surface area contributed by atoms with Crippen LogP contribution in [0.4, 0.5) is 20.2 Å². The van der Waals surface area contributed by atoms with E-state index in [9.17, 15) is 17.5 Å². The lowest BCUT2D eigenvalue weighted by atomic mass is 10.1. The van der Waals surface area contributed by atoms with Crippen molar-refractivity contribution in [1.82, 2.24) is 34.3 Å². The molecule has 0 radical (unpaired) electrons. The molecule has 2 unspecified atom stereocenters. The van der Waals surface area contributed by atoms with Crippen LogP contribution in [0.25, 0.3) is 22.4 Å². The Morgan fingerprint density at radius 2 is 1.91 bits per heavy atom. The summed E-state index contributed by atoms with van der Waals surface area (Å²) in [5, 5.41) is 7.68. The monoisotopic (exact) mass is 622 g/mol. The summed E-state index contributed by atoms with van der Waals surface area (Å²) in [5.41, 5.74) is 6.13. The minimum atomic E-state index is -2.88. The van der Waals surface area contributed by atoms with Crippen LogP contribution in [0.2, 0.25) is 0 Å². The van der Waals surface area contributed by atoms with Gasteiger partial charge in [0, 0.05) is 38.0 Å². The number of pyridine rings is 1. The van der Waals surface area contributed by atoms with Crippen LogP contribution in [0.15, 0.2) is 41.6 Å². The lowest BCUT2D eigenvalue weighted by molar-refractivity contribution is -0.0363. The number of nitrogens with one attached hydrogen (secondary N) is 1. The van der Waals surface area contributed by atoms with Gasteiger partial charge in [-0.3, -0.25) is 19.2 Å². The summed E-state index contributed by atoms with van der Waals surface area (Å²) in [6.45, 7) is 6.10. The van der Waals surface area contributed by atoms with Crippen molar-refractivity contribution in [3.8, 4) is 11.3 Å². The van der Waals surface area contributed by atoms with Crippen LogP contribution in [-0.4, -0.2) is 49.7 Å². The molecular formula is C30H32F2N8O3S. The van der Waals surface area contributed by atoms with Gasteiger partial charge in [0.25, 0.3) is 6.43 Å². The number of fused-ring (bicyclic) bond motifs is 1. The number of alkyl halides is 2. The molecule has 0 aliphatic carbocycles. The zero-order valence-corrected chi connectivity index (χ0v) is 25.5. The van der Waals surface area contributed by atoms with Crippen molar-refractivity contribution in [2.24, 2.45) is 7.05 Å². The fourth-order valence-electron chi connectivity index (χ4n) is 5.50. The normalized spacial score (nSPS) is 16.1. The van der Waals surface area contributed by atoms with Crippen LogP contribution in [0.5, 0.6) is 0 Å². The fourth-order valence-corrected chi connectivity index (χ4v) is 6.03. The summed E-state index contributed by atoms with van der Waals surface area (Å²) < 4.78 is 60.7. The van der Waals surface area contributed by atoms with Gasteiger partial charge in [0.1, 0.15) is 11.7 Å². The molecule has 0 bridgehead atoms. The number of hydrogen-bond acceptors (Lipinski definition) is 8. The molecule has 1 aliphatic rings. The first-order valence-corrected chi connectivity index (χ1v) is 15.3. The predicted octanol–water partition coefficient (Wildman–Crippen LogP) is 6.10. The molecule has 5 heterocycles. The maximum absolute atomic E-state index is 14.4. The molecule has 1 aromatic carbocycles. The maximum atomic E-state index is 14.4. The van der Waals surface area contributed by atoms with Crippen molar-refractivity contribution < 1.29 is 22.3 Å². The van der Waals surface area contributed by atoms with E-state index in [0.717, 1.165) is 29.8 Å². The number of aryl methyl sites for hydroxylation is 4. The highest BCUT2D eigenvalue weighted by Gasteiger charge is 2.29. The van der Waals surface area contributed by atoms with Gasteiger partial charge in [-0.05, 0) is 63.8 Å². The van der Waals surface area contributed by atoms with Gasteiger partial charge in [0.05, 0.1) is 44.7 Å². The topological polar surface area (TPSA) is 133 Å². The zero-order valence-electron chi connectivity index (χ0n) is 24.7. The lowest BCUT2D eigenvalue weighted by Crippen LogP contribution is -2.20. The number of hydrogen-bond donors (Lipinski definition) is 2. The van der Waals surface area contributed by atoms with Gasteiger partial charge < -0.3 is 14.6 Å². The standard InChI is InChI=1S/C30H32F2N8O3S/c1-16-15-39(4)38-26(16)19-8-9-22(24(11-19)44(41)42)36-23-13-20(12-21-14-33-17(2)18(3)34-21)35-29-27(23)37-30(28(31)32)40(29)25-7-5-6-10-43-25/h8-9,11,13-15,25,28H,5-7,10,12H2,1-4H3,(H,35,36)(H,41,42). The number of imidazole rings is 1. The number of ether oxygens (including phenoxy) is 1. The molecule has 1 aliphatic heterocycles. The van der Waals surface area contributed by atoms with E-state index < -0.39 is 29.6 Å². The van der Waals surface area contributed by atoms with Crippen LogP contribution in [0, 0.1) is 20.8 Å². The van der Waals surface area contributed by atoms with Crippen molar-refractivity contribution in [2.45, 2.75) is 64.0 Å². The number of nitrogens with zero attached hydrogens (tertiary/aromatic N) is 7. The SMILES string of the molecule is Cc1cn(C)nc1-c1ccc(Nc2cc(Cc3cnc(C)c(C)n3)nc3c2nc(C(F)F)n3C2CCCCO2)c(S(=O)O)c1. The third-order valence-electron chi connectivity index (χ3n) is 7.70. The Hall–Kier alpha value is -4.14. The largest absolute Gasteiger partial charge is 0.358 e. The molecular weight excluding hydrogens is 590 g/mol. The molecule has 1 fully saturated rings. The highest BCUT2D eigenvalue weighted by molar-refractivity contribution is 7.79. The second-order valence-electron chi connectivity index (χ2n) is 10.9. The van der Waals surface area contributed by atoms with Gasteiger partial charge in [-0.25, -0.2) is 23.0 Å². The van der Waals surface area contributed by atoms with Crippen LogP contribution in [-0.2, 0) is 29.3 Å². The van der Waals surface area contributed by atoms with E-state index in [0.29, 0.717) is 47.0 Å². The zero-order chi connectivity index (χ0) is 31.1. The predicted molar refractivity (Wildman–Crippen MR) is 161 cm³/mol. The number of aromatic nitrogens is 7. The highest BCUT2D eigenvalue weighted by Crippen LogP contribution is 2.37. The molecule has 6 rings (SSSR count). The van der Waals surface area contributed by atoms with E-state index in [1.165, 1.54) is 4.57 Å². The second kappa shape index (κ2) is 12.1. The summed E-state index contributed by atoms with van der Waals surface area (Å²) >= 11 is -2.38. The molecule has 4 aromatic heterocycles. The number of anilines is 2. The maximum Gasteiger partial charge on any atom is 0.295 e. The Labute approximate surface area is 255 Å². The first-order chi connectivity index (χ1) is 21.1. The molecule has 230 valence electrons. The van der Waals surface area contributed by atoms with Crippen molar-refractivity contribution in [2.75, 3.05) is 11.9 Å². The van der Waals surface area contributed by atoms with E-state index in [2.05, 4.69) is 25.4 Å². The Bertz CT molecular complexity index is 1880. The number of benzene rings is 1. The van der Waals surface area contributed by atoms with Crippen LogP contribution in [0.3, 0.4) is 0 Å². The summed E-state index contributed by atoms with van der Waals surface area (Å²) in [6.07, 6.45) is 2.50. The van der Waals surface area contributed by atoms with Gasteiger partial charge in [-0.2, -0.15) is 5.10 Å².